The number of aromatic nitrogens is 2. The maximum Gasteiger partial charge on any atom is 0.259 e. The Hall–Kier alpha value is -2.96. The molecule has 0 unspecified atom stereocenters. The predicted octanol–water partition coefficient (Wildman–Crippen LogP) is 2.99. The van der Waals surface area contributed by atoms with Gasteiger partial charge in [-0.1, -0.05) is 5.16 Å². The molecule has 0 atom stereocenters. The average molecular weight is 301 g/mol. The summed E-state index contributed by atoms with van der Waals surface area (Å²) in [5.74, 6) is -0.416. The molecular formula is C15H12FN3O3. The van der Waals surface area contributed by atoms with Gasteiger partial charge >= 0.3 is 0 Å². The lowest BCUT2D eigenvalue weighted by Crippen LogP contribution is -2.12. The zero-order valence-corrected chi connectivity index (χ0v) is 11.9. The van der Waals surface area contributed by atoms with Gasteiger partial charge in [0, 0.05) is 24.6 Å². The van der Waals surface area contributed by atoms with Crippen LogP contribution in [0.4, 0.5) is 10.2 Å². The summed E-state index contributed by atoms with van der Waals surface area (Å²) in [6.07, 6.45) is 1.38. The van der Waals surface area contributed by atoms with Crippen molar-refractivity contribution in [1.29, 1.82) is 0 Å². The SMILES string of the molecule is CC(=O)n1cc(C(=O)Nc2cc(C)on2)c2ccc(F)cc21. The van der Waals surface area contributed by atoms with Crippen molar-refractivity contribution < 1.29 is 18.5 Å². The molecule has 0 radical (unpaired) electrons. The molecule has 0 spiro atoms. The summed E-state index contributed by atoms with van der Waals surface area (Å²) < 4.78 is 19.5. The second-order valence-corrected chi connectivity index (χ2v) is 4.87. The largest absolute Gasteiger partial charge is 0.360 e. The fourth-order valence-corrected chi connectivity index (χ4v) is 2.25. The predicted molar refractivity (Wildman–Crippen MR) is 77.4 cm³/mol. The maximum atomic E-state index is 13.4. The Labute approximate surface area is 124 Å². The van der Waals surface area contributed by atoms with Crippen molar-refractivity contribution in [2.75, 3.05) is 5.32 Å². The van der Waals surface area contributed by atoms with Crippen LogP contribution in [0.3, 0.4) is 0 Å². The Morgan fingerprint density at radius 3 is 2.73 bits per heavy atom. The number of rotatable bonds is 2. The minimum Gasteiger partial charge on any atom is -0.360 e. The normalized spacial score (nSPS) is 10.9. The number of nitrogens with one attached hydrogen (secondary N) is 1. The molecule has 0 bridgehead atoms. The Bertz CT molecular complexity index is 895. The molecule has 1 aromatic carbocycles. The highest BCUT2D eigenvalue weighted by molar-refractivity contribution is 6.14. The van der Waals surface area contributed by atoms with Gasteiger partial charge in [0.1, 0.15) is 11.6 Å². The highest BCUT2D eigenvalue weighted by Crippen LogP contribution is 2.23. The molecule has 1 N–H and O–H groups in total. The van der Waals surface area contributed by atoms with Crippen molar-refractivity contribution in [2.24, 2.45) is 0 Å². The first-order valence-corrected chi connectivity index (χ1v) is 6.52. The van der Waals surface area contributed by atoms with Crippen LogP contribution in [0.5, 0.6) is 0 Å². The number of hydrogen-bond acceptors (Lipinski definition) is 4. The van der Waals surface area contributed by atoms with Gasteiger partial charge in [-0.25, -0.2) is 4.39 Å². The van der Waals surface area contributed by atoms with E-state index in [2.05, 4.69) is 10.5 Å². The van der Waals surface area contributed by atoms with Gasteiger partial charge in [-0.2, -0.15) is 0 Å². The Kier molecular flexibility index (Phi) is 3.25. The van der Waals surface area contributed by atoms with Crippen LogP contribution in [0.25, 0.3) is 10.9 Å². The van der Waals surface area contributed by atoms with Crippen LogP contribution in [0, 0.1) is 12.7 Å². The van der Waals surface area contributed by atoms with E-state index < -0.39 is 11.7 Å². The highest BCUT2D eigenvalue weighted by Gasteiger charge is 2.18. The highest BCUT2D eigenvalue weighted by atomic mass is 19.1. The number of halogens is 1. The second kappa shape index (κ2) is 5.10. The van der Waals surface area contributed by atoms with Gasteiger partial charge in [0.15, 0.2) is 5.82 Å². The monoisotopic (exact) mass is 301 g/mol. The molecule has 7 heteroatoms. The maximum absolute atomic E-state index is 13.4. The topological polar surface area (TPSA) is 77.1 Å². The van der Waals surface area contributed by atoms with Crippen LogP contribution in [-0.2, 0) is 0 Å². The van der Waals surface area contributed by atoms with Gasteiger partial charge in [-0.3, -0.25) is 14.2 Å². The number of aryl methyl sites for hydroxylation is 1. The van der Waals surface area contributed by atoms with E-state index in [1.807, 2.05) is 0 Å². The van der Waals surface area contributed by atoms with Gasteiger partial charge < -0.3 is 9.84 Å². The summed E-state index contributed by atoms with van der Waals surface area (Å²) in [6, 6.07) is 5.49. The first-order valence-electron chi connectivity index (χ1n) is 6.52. The number of hydrogen-bond donors (Lipinski definition) is 1. The molecule has 2 heterocycles. The summed E-state index contributed by atoms with van der Waals surface area (Å²) in [5, 5.41) is 6.73. The van der Waals surface area contributed by atoms with E-state index in [0.29, 0.717) is 16.7 Å². The average Bonchev–Trinajstić information content (AvgIpc) is 3.02. The summed E-state index contributed by atoms with van der Waals surface area (Å²) in [5.41, 5.74) is 0.597. The lowest BCUT2D eigenvalue weighted by Gasteiger charge is -1.99. The van der Waals surface area contributed by atoms with E-state index >= 15 is 0 Å². The van der Waals surface area contributed by atoms with Crippen LogP contribution in [0.1, 0.15) is 27.8 Å². The third kappa shape index (κ3) is 2.37. The van der Waals surface area contributed by atoms with E-state index in [9.17, 15) is 14.0 Å². The molecule has 22 heavy (non-hydrogen) atoms. The Morgan fingerprint density at radius 1 is 1.32 bits per heavy atom. The fourth-order valence-electron chi connectivity index (χ4n) is 2.25. The van der Waals surface area contributed by atoms with E-state index in [4.69, 9.17) is 4.52 Å². The Morgan fingerprint density at radius 2 is 2.09 bits per heavy atom. The molecule has 3 rings (SSSR count). The molecule has 2 aromatic heterocycles. The zero-order chi connectivity index (χ0) is 15.9. The van der Waals surface area contributed by atoms with Crippen molar-refractivity contribution in [2.45, 2.75) is 13.8 Å². The van der Waals surface area contributed by atoms with E-state index in [-0.39, 0.29) is 17.3 Å². The van der Waals surface area contributed by atoms with E-state index in [1.54, 1.807) is 13.0 Å². The number of carbonyl (C=O) groups excluding carboxylic acids is 2. The summed E-state index contributed by atoms with van der Waals surface area (Å²) in [7, 11) is 0. The number of carbonyl (C=O) groups is 2. The molecule has 0 aliphatic heterocycles. The number of amides is 1. The second-order valence-electron chi connectivity index (χ2n) is 4.87. The van der Waals surface area contributed by atoms with Gasteiger partial charge in [0.05, 0.1) is 11.1 Å². The van der Waals surface area contributed by atoms with Crippen molar-refractivity contribution >= 4 is 28.5 Å². The standard InChI is InChI=1S/C15H12FN3O3/c1-8-5-14(18-22-8)17-15(21)12-7-19(9(2)20)13-6-10(16)3-4-11(12)13/h3-7H,1-2H3,(H,17,18,21). The third-order valence-electron chi connectivity index (χ3n) is 3.22. The molecular weight excluding hydrogens is 289 g/mol. The van der Waals surface area contributed by atoms with E-state index in [1.165, 1.54) is 35.9 Å². The smallest absolute Gasteiger partial charge is 0.259 e. The quantitative estimate of drug-likeness (QED) is 0.789. The molecule has 1 amide bonds. The zero-order valence-electron chi connectivity index (χ0n) is 11.9. The number of nitrogens with zero attached hydrogens (tertiary/aromatic N) is 2. The summed E-state index contributed by atoms with van der Waals surface area (Å²) >= 11 is 0. The van der Waals surface area contributed by atoms with Crippen molar-refractivity contribution in [3.05, 3.63) is 47.6 Å². The molecule has 112 valence electrons. The van der Waals surface area contributed by atoms with Crippen molar-refractivity contribution in [3.63, 3.8) is 0 Å². The number of fused-ring (bicyclic) bond motifs is 1. The minimum absolute atomic E-state index is 0.255. The molecule has 0 saturated carbocycles. The molecule has 0 aliphatic carbocycles. The van der Waals surface area contributed by atoms with Gasteiger partial charge in [0.25, 0.3) is 5.91 Å². The number of anilines is 1. The van der Waals surface area contributed by atoms with Gasteiger partial charge in [-0.05, 0) is 25.1 Å². The van der Waals surface area contributed by atoms with Crippen LogP contribution >= 0.6 is 0 Å². The van der Waals surface area contributed by atoms with Gasteiger partial charge in [0.2, 0.25) is 5.91 Å². The lowest BCUT2D eigenvalue weighted by molar-refractivity contribution is 0.0941. The molecule has 3 aromatic rings. The van der Waals surface area contributed by atoms with Crippen LogP contribution < -0.4 is 5.32 Å². The first-order chi connectivity index (χ1) is 10.5. The fraction of sp³-hybridized carbons (Fsp3) is 0.133. The third-order valence-corrected chi connectivity index (χ3v) is 3.22. The first kappa shape index (κ1) is 14.0. The molecule has 0 fully saturated rings. The number of benzene rings is 1. The van der Waals surface area contributed by atoms with E-state index in [0.717, 1.165) is 0 Å². The lowest BCUT2D eigenvalue weighted by atomic mass is 10.1. The van der Waals surface area contributed by atoms with Crippen LogP contribution in [-0.4, -0.2) is 21.5 Å². The van der Waals surface area contributed by atoms with Gasteiger partial charge in [-0.15, -0.1) is 0 Å². The van der Waals surface area contributed by atoms with Crippen molar-refractivity contribution in [3.8, 4) is 0 Å². The summed E-state index contributed by atoms with van der Waals surface area (Å²) in [6.45, 7) is 3.04. The molecule has 0 saturated heterocycles. The van der Waals surface area contributed by atoms with Crippen LogP contribution in [0.15, 0.2) is 35.0 Å². The van der Waals surface area contributed by atoms with Crippen LogP contribution in [0.2, 0.25) is 0 Å². The van der Waals surface area contributed by atoms with Crippen molar-refractivity contribution in [1.82, 2.24) is 9.72 Å². The minimum atomic E-state index is -0.479. The molecule has 0 aliphatic rings. The summed E-state index contributed by atoms with van der Waals surface area (Å²) in [4.78, 5) is 24.0. The molecule has 6 nitrogen and oxygen atoms in total. The Balaban J connectivity index is 2.06.